The van der Waals surface area contributed by atoms with Crippen LogP contribution in [0.15, 0.2) is 24.3 Å². The molecule has 108 valence electrons. The average molecular weight is 272 g/mol. The SMILES string of the molecule is O=C(NC1CC1)c1ccc(CN2CCCCCC2)cc1. The number of carbonyl (C=O) groups is 1. The molecule has 3 rings (SSSR count). The van der Waals surface area contributed by atoms with Crippen LogP contribution in [-0.2, 0) is 6.54 Å². The highest BCUT2D eigenvalue weighted by Crippen LogP contribution is 2.19. The van der Waals surface area contributed by atoms with Gasteiger partial charge >= 0.3 is 0 Å². The molecule has 1 saturated heterocycles. The standard InChI is InChI=1S/C17H24N2O/c20-17(18-16-9-10-16)15-7-5-14(6-8-15)13-19-11-3-1-2-4-12-19/h5-8,16H,1-4,9-13H2,(H,18,20). The van der Waals surface area contributed by atoms with Crippen LogP contribution in [0.25, 0.3) is 0 Å². The summed E-state index contributed by atoms with van der Waals surface area (Å²) in [6, 6.07) is 8.56. The summed E-state index contributed by atoms with van der Waals surface area (Å²) in [5, 5.41) is 3.03. The number of hydrogen-bond acceptors (Lipinski definition) is 2. The summed E-state index contributed by atoms with van der Waals surface area (Å²) in [7, 11) is 0. The zero-order chi connectivity index (χ0) is 13.8. The maximum absolute atomic E-state index is 11.9. The van der Waals surface area contributed by atoms with E-state index >= 15 is 0 Å². The molecule has 2 aliphatic rings. The molecule has 0 radical (unpaired) electrons. The fraction of sp³-hybridized carbons (Fsp3) is 0.588. The number of rotatable bonds is 4. The third-order valence-corrected chi connectivity index (χ3v) is 4.23. The van der Waals surface area contributed by atoms with Crippen LogP contribution in [0.3, 0.4) is 0 Å². The zero-order valence-electron chi connectivity index (χ0n) is 12.1. The number of likely N-dealkylation sites (tertiary alicyclic amines) is 1. The van der Waals surface area contributed by atoms with E-state index in [-0.39, 0.29) is 5.91 Å². The molecule has 1 aliphatic heterocycles. The Bertz CT molecular complexity index is 443. The smallest absolute Gasteiger partial charge is 0.251 e. The molecule has 3 heteroatoms. The lowest BCUT2D eigenvalue weighted by Crippen LogP contribution is -2.25. The van der Waals surface area contributed by atoms with Crippen molar-refractivity contribution in [2.24, 2.45) is 0 Å². The third kappa shape index (κ3) is 3.83. The van der Waals surface area contributed by atoms with Gasteiger partial charge in [0.2, 0.25) is 0 Å². The molecular formula is C17H24N2O. The van der Waals surface area contributed by atoms with Gasteiger partial charge in [0.15, 0.2) is 0 Å². The number of hydrogen-bond donors (Lipinski definition) is 1. The zero-order valence-corrected chi connectivity index (χ0v) is 12.1. The first kappa shape index (κ1) is 13.6. The summed E-state index contributed by atoms with van der Waals surface area (Å²) in [5.41, 5.74) is 2.10. The number of nitrogens with one attached hydrogen (secondary N) is 1. The Balaban J connectivity index is 1.55. The summed E-state index contributed by atoms with van der Waals surface area (Å²) < 4.78 is 0. The van der Waals surface area contributed by atoms with Crippen LogP contribution in [0.4, 0.5) is 0 Å². The molecule has 1 heterocycles. The van der Waals surface area contributed by atoms with Crippen LogP contribution in [0, 0.1) is 0 Å². The maximum atomic E-state index is 11.9. The molecule has 1 amide bonds. The van der Waals surface area contributed by atoms with Crippen LogP contribution in [0.5, 0.6) is 0 Å². The first-order chi connectivity index (χ1) is 9.81. The fourth-order valence-corrected chi connectivity index (χ4v) is 2.81. The molecule has 1 saturated carbocycles. The summed E-state index contributed by atoms with van der Waals surface area (Å²) in [5.74, 6) is 0.0776. The van der Waals surface area contributed by atoms with Gasteiger partial charge in [-0.15, -0.1) is 0 Å². The Hall–Kier alpha value is -1.35. The highest BCUT2D eigenvalue weighted by Gasteiger charge is 2.23. The van der Waals surface area contributed by atoms with Gasteiger partial charge in [-0.1, -0.05) is 25.0 Å². The molecule has 0 aromatic heterocycles. The quantitative estimate of drug-likeness (QED) is 0.914. The largest absolute Gasteiger partial charge is 0.349 e. The van der Waals surface area contributed by atoms with Gasteiger partial charge in [0.25, 0.3) is 5.91 Å². The molecule has 0 unspecified atom stereocenters. The lowest BCUT2D eigenvalue weighted by atomic mass is 10.1. The fourth-order valence-electron chi connectivity index (χ4n) is 2.81. The van der Waals surface area contributed by atoms with E-state index in [1.54, 1.807) is 0 Å². The van der Waals surface area contributed by atoms with Crippen molar-refractivity contribution in [1.82, 2.24) is 10.2 Å². The Kier molecular flexibility index (Phi) is 4.36. The van der Waals surface area contributed by atoms with E-state index in [4.69, 9.17) is 0 Å². The maximum Gasteiger partial charge on any atom is 0.251 e. The van der Waals surface area contributed by atoms with Crippen molar-refractivity contribution in [1.29, 1.82) is 0 Å². The van der Waals surface area contributed by atoms with E-state index in [1.165, 1.54) is 44.3 Å². The summed E-state index contributed by atoms with van der Waals surface area (Å²) >= 11 is 0. The Morgan fingerprint density at radius 3 is 2.30 bits per heavy atom. The van der Waals surface area contributed by atoms with Crippen molar-refractivity contribution in [2.45, 2.75) is 51.1 Å². The minimum absolute atomic E-state index is 0.0776. The molecule has 3 nitrogen and oxygen atoms in total. The number of nitrogens with zero attached hydrogens (tertiary/aromatic N) is 1. The van der Waals surface area contributed by atoms with Gasteiger partial charge in [0.1, 0.15) is 0 Å². The molecule has 1 N–H and O–H groups in total. The van der Waals surface area contributed by atoms with Gasteiger partial charge in [-0.05, 0) is 56.5 Å². The van der Waals surface area contributed by atoms with Crippen molar-refractivity contribution in [2.75, 3.05) is 13.1 Å². The molecule has 1 aliphatic carbocycles. The molecule has 0 atom stereocenters. The lowest BCUT2D eigenvalue weighted by Gasteiger charge is -2.19. The normalized spacial score (nSPS) is 20.4. The topological polar surface area (TPSA) is 32.3 Å². The van der Waals surface area contributed by atoms with Crippen molar-refractivity contribution >= 4 is 5.91 Å². The predicted octanol–water partition coefficient (Wildman–Crippen LogP) is 2.95. The van der Waals surface area contributed by atoms with Crippen molar-refractivity contribution in [3.63, 3.8) is 0 Å². The van der Waals surface area contributed by atoms with Gasteiger partial charge in [0.05, 0.1) is 0 Å². The first-order valence-electron chi connectivity index (χ1n) is 7.93. The van der Waals surface area contributed by atoms with E-state index in [1.807, 2.05) is 12.1 Å². The van der Waals surface area contributed by atoms with Gasteiger partial charge in [-0.3, -0.25) is 9.69 Å². The van der Waals surface area contributed by atoms with Crippen LogP contribution >= 0.6 is 0 Å². The lowest BCUT2D eigenvalue weighted by molar-refractivity contribution is 0.0951. The Morgan fingerprint density at radius 1 is 1.05 bits per heavy atom. The molecule has 0 spiro atoms. The predicted molar refractivity (Wildman–Crippen MR) is 80.7 cm³/mol. The minimum atomic E-state index is 0.0776. The van der Waals surface area contributed by atoms with Gasteiger partial charge in [-0.25, -0.2) is 0 Å². The molecule has 20 heavy (non-hydrogen) atoms. The second kappa shape index (κ2) is 6.40. The van der Waals surface area contributed by atoms with E-state index in [0.717, 1.165) is 24.9 Å². The summed E-state index contributed by atoms with van der Waals surface area (Å²) in [4.78, 5) is 14.5. The second-order valence-electron chi connectivity index (χ2n) is 6.14. The average Bonchev–Trinajstić information content (AvgIpc) is 3.27. The highest BCUT2D eigenvalue weighted by atomic mass is 16.1. The molecular weight excluding hydrogens is 248 g/mol. The van der Waals surface area contributed by atoms with Crippen molar-refractivity contribution < 1.29 is 4.79 Å². The van der Waals surface area contributed by atoms with E-state index in [2.05, 4.69) is 22.3 Å². The number of benzene rings is 1. The van der Waals surface area contributed by atoms with Crippen LogP contribution in [0.2, 0.25) is 0 Å². The molecule has 2 fully saturated rings. The summed E-state index contributed by atoms with van der Waals surface area (Å²) in [6.07, 6.45) is 7.66. The number of amides is 1. The van der Waals surface area contributed by atoms with E-state index in [0.29, 0.717) is 6.04 Å². The van der Waals surface area contributed by atoms with Crippen LogP contribution in [-0.4, -0.2) is 29.9 Å². The van der Waals surface area contributed by atoms with Gasteiger partial charge in [0, 0.05) is 18.2 Å². The van der Waals surface area contributed by atoms with Crippen LogP contribution < -0.4 is 5.32 Å². The monoisotopic (exact) mass is 272 g/mol. The Labute approximate surface area is 121 Å². The van der Waals surface area contributed by atoms with Crippen LogP contribution in [0.1, 0.15) is 54.4 Å². The third-order valence-electron chi connectivity index (χ3n) is 4.23. The number of carbonyl (C=O) groups excluding carboxylic acids is 1. The van der Waals surface area contributed by atoms with E-state index in [9.17, 15) is 4.79 Å². The molecule has 1 aromatic carbocycles. The first-order valence-corrected chi connectivity index (χ1v) is 7.93. The highest BCUT2D eigenvalue weighted by molar-refractivity contribution is 5.94. The summed E-state index contributed by atoms with van der Waals surface area (Å²) in [6.45, 7) is 3.44. The molecule has 1 aromatic rings. The Morgan fingerprint density at radius 2 is 1.70 bits per heavy atom. The van der Waals surface area contributed by atoms with Crippen molar-refractivity contribution in [3.05, 3.63) is 35.4 Å². The van der Waals surface area contributed by atoms with Gasteiger partial charge in [-0.2, -0.15) is 0 Å². The van der Waals surface area contributed by atoms with Crippen molar-refractivity contribution in [3.8, 4) is 0 Å². The minimum Gasteiger partial charge on any atom is -0.349 e. The second-order valence-corrected chi connectivity index (χ2v) is 6.14. The van der Waals surface area contributed by atoms with E-state index < -0.39 is 0 Å². The molecule has 0 bridgehead atoms. The van der Waals surface area contributed by atoms with Gasteiger partial charge < -0.3 is 5.32 Å².